The van der Waals surface area contributed by atoms with E-state index in [1.807, 2.05) is 0 Å². The van der Waals surface area contributed by atoms with Gasteiger partial charge in [0.2, 0.25) is 0 Å². The van der Waals surface area contributed by atoms with Crippen molar-refractivity contribution in [2.75, 3.05) is 26.2 Å². The Morgan fingerprint density at radius 1 is 1.13 bits per heavy atom. The Morgan fingerprint density at radius 3 is 2.67 bits per heavy atom. The molecular formula is C12H24N2O. The molecule has 1 saturated carbocycles. The lowest BCUT2D eigenvalue weighted by Gasteiger charge is -2.34. The molecule has 0 aromatic carbocycles. The Kier molecular flexibility index (Phi) is 4.42. The highest BCUT2D eigenvalue weighted by Gasteiger charge is 2.24. The molecule has 0 radical (unpaired) electrons. The van der Waals surface area contributed by atoms with Crippen LogP contribution >= 0.6 is 0 Å². The van der Waals surface area contributed by atoms with Crippen LogP contribution in [0.5, 0.6) is 0 Å². The molecule has 0 aromatic rings. The van der Waals surface area contributed by atoms with Crippen LogP contribution in [0.3, 0.4) is 0 Å². The number of nitrogens with zero attached hydrogens (tertiary/aromatic N) is 1. The SMILES string of the molecule is OCC1CN(C2CCCCC2)CCCN1. The number of hydrogen-bond acceptors (Lipinski definition) is 3. The van der Waals surface area contributed by atoms with Crippen molar-refractivity contribution in [3.8, 4) is 0 Å². The predicted molar refractivity (Wildman–Crippen MR) is 61.9 cm³/mol. The molecule has 15 heavy (non-hydrogen) atoms. The van der Waals surface area contributed by atoms with Crippen molar-refractivity contribution in [3.05, 3.63) is 0 Å². The van der Waals surface area contributed by atoms with Crippen LogP contribution < -0.4 is 5.32 Å². The summed E-state index contributed by atoms with van der Waals surface area (Å²) in [7, 11) is 0. The highest BCUT2D eigenvalue weighted by molar-refractivity contribution is 4.82. The van der Waals surface area contributed by atoms with Gasteiger partial charge in [-0.25, -0.2) is 0 Å². The third-order valence-corrected chi connectivity index (χ3v) is 3.82. The van der Waals surface area contributed by atoms with Crippen LogP contribution in [0.1, 0.15) is 38.5 Å². The zero-order valence-corrected chi connectivity index (χ0v) is 9.62. The van der Waals surface area contributed by atoms with E-state index in [-0.39, 0.29) is 6.61 Å². The van der Waals surface area contributed by atoms with Gasteiger partial charge < -0.3 is 10.4 Å². The molecule has 1 atom stereocenters. The molecule has 3 heteroatoms. The summed E-state index contributed by atoms with van der Waals surface area (Å²) in [5.74, 6) is 0. The highest BCUT2D eigenvalue weighted by Crippen LogP contribution is 2.23. The van der Waals surface area contributed by atoms with Crippen LogP contribution in [0.4, 0.5) is 0 Å². The highest BCUT2D eigenvalue weighted by atomic mass is 16.3. The molecule has 1 saturated heterocycles. The van der Waals surface area contributed by atoms with E-state index in [0.717, 1.165) is 19.1 Å². The molecule has 3 nitrogen and oxygen atoms in total. The maximum absolute atomic E-state index is 9.24. The summed E-state index contributed by atoms with van der Waals surface area (Å²) in [6.45, 7) is 3.60. The van der Waals surface area contributed by atoms with Gasteiger partial charge in [-0.15, -0.1) is 0 Å². The summed E-state index contributed by atoms with van der Waals surface area (Å²) >= 11 is 0. The summed E-state index contributed by atoms with van der Waals surface area (Å²) < 4.78 is 0. The van der Waals surface area contributed by atoms with E-state index >= 15 is 0 Å². The molecule has 2 aliphatic rings. The number of rotatable bonds is 2. The van der Waals surface area contributed by atoms with Gasteiger partial charge in [0.1, 0.15) is 0 Å². The van der Waals surface area contributed by atoms with Crippen molar-refractivity contribution < 1.29 is 5.11 Å². The lowest BCUT2D eigenvalue weighted by Crippen LogP contribution is -2.45. The van der Waals surface area contributed by atoms with E-state index in [1.165, 1.54) is 45.1 Å². The van der Waals surface area contributed by atoms with Crippen LogP contribution in [-0.4, -0.2) is 48.3 Å². The molecule has 88 valence electrons. The first-order valence-corrected chi connectivity index (χ1v) is 6.48. The summed E-state index contributed by atoms with van der Waals surface area (Å²) in [5.41, 5.74) is 0. The minimum Gasteiger partial charge on any atom is -0.395 e. The van der Waals surface area contributed by atoms with Crippen LogP contribution in [0.2, 0.25) is 0 Å². The fraction of sp³-hybridized carbons (Fsp3) is 1.00. The maximum Gasteiger partial charge on any atom is 0.0597 e. The van der Waals surface area contributed by atoms with E-state index in [2.05, 4.69) is 10.2 Å². The standard InChI is InChI=1S/C12H24N2O/c15-10-11-9-14(8-4-7-13-11)12-5-2-1-3-6-12/h11-13,15H,1-10H2. The third kappa shape index (κ3) is 3.16. The molecule has 1 unspecified atom stereocenters. The topological polar surface area (TPSA) is 35.5 Å². The molecule has 1 heterocycles. The molecule has 2 fully saturated rings. The van der Waals surface area contributed by atoms with E-state index in [9.17, 15) is 5.11 Å². The third-order valence-electron chi connectivity index (χ3n) is 3.82. The van der Waals surface area contributed by atoms with Crippen molar-refractivity contribution in [2.24, 2.45) is 0 Å². The van der Waals surface area contributed by atoms with Gasteiger partial charge in [-0.1, -0.05) is 19.3 Å². The first kappa shape index (κ1) is 11.4. The fourth-order valence-electron chi connectivity index (χ4n) is 2.93. The van der Waals surface area contributed by atoms with Crippen LogP contribution in [-0.2, 0) is 0 Å². The minimum absolute atomic E-state index is 0.281. The smallest absolute Gasteiger partial charge is 0.0597 e. The maximum atomic E-state index is 9.24. The molecule has 0 bridgehead atoms. The van der Waals surface area contributed by atoms with E-state index in [0.29, 0.717) is 6.04 Å². The molecule has 1 aliphatic heterocycles. The first-order chi connectivity index (χ1) is 7.40. The lowest BCUT2D eigenvalue weighted by molar-refractivity contribution is 0.135. The fourth-order valence-corrected chi connectivity index (χ4v) is 2.93. The minimum atomic E-state index is 0.281. The lowest BCUT2D eigenvalue weighted by atomic mass is 9.94. The molecular weight excluding hydrogens is 188 g/mol. The van der Waals surface area contributed by atoms with Crippen molar-refractivity contribution >= 4 is 0 Å². The Labute approximate surface area is 92.8 Å². The van der Waals surface area contributed by atoms with Crippen LogP contribution in [0.15, 0.2) is 0 Å². The van der Waals surface area contributed by atoms with Crippen molar-refractivity contribution in [1.82, 2.24) is 10.2 Å². The number of hydrogen-bond donors (Lipinski definition) is 2. The molecule has 2 N–H and O–H groups in total. The van der Waals surface area contributed by atoms with E-state index in [1.54, 1.807) is 0 Å². The average molecular weight is 212 g/mol. The Morgan fingerprint density at radius 2 is 1.93 bits per heavy atom. The summed E-state index contributed by atoms with van der Waals surface area (Å²) in [6.07, 6.45) is 8.20. The van der Waals surface area contributed by atoms with Gasteiger partial charge in [0.05, 0.1) is 6.61 Å². The number of nitrogens with one attached hydrogen (secondary N) is 1. The van der Waals surface area contributed by atoms with Gasteiger partial charge in [0.25, 0.3) is 0 Å². The summed E-state index contributed by atoms with van der Waals surface area (Å²) in [6, 6.07) is 1.10. The molecule has 0 aromatic heterocycles. The first-order valence-electron chi connectivity index (χ1n) is 6.48. The largest absolute Gasteiger partial charge is 0.395 e. The van der Waals surface area contributed by atoms with E-state index in [4.69, 9.17) is 0 Å². The van der Waals surface area contributed by atoms with Gasteiger partial charge in [-0.3, -0.25) is 4.90 Å². The predicted octanol–water partition coefficient (Wildman–Crippen LogP) is 0.975. The summed E-state index contributed by atoms with van der Waals surface area (Å²) in [4.78, 5) is 2.61. The second-order valence-electron chi connectivity index (χ2n) is 4.97. The number of aliphatic hydroxyl groups excluding tert-OH is 1. The molecule has 0 amide bonds. The average Bonchev–Trinajstić information content (AvgIpc) is 2.55. The van der Waals surface area contributed by atoms with Gasteiger partial charge in [-0.05, 0) is 32.4 Å². The summed E-state index contributed by atoms with van der Waals surface area (Å²) in [5, 5.41) is 12.7. The Balaban J connectivity index is 1.87. The Bertz CT molecular complexity index is 180. The van der Waals surface area contributed by atoms with E-state index < -0.39 is 0 Å². The van der Waals surface area contributed by atoms with Crippen molar-refractivity contribution in [3.63, 3.8) is 0 Å². The number of aliphatic hydroxyl groups is 1. The molecule has 0 spiro atoms. The van der Waals surface area contributed by atoms with Crippen molar-refractivity contribution in [1.29, 1.82) is 0 Å². The normalized spacial score (nSPS) is 31.4. The molecule has 2 rings (SSSR count). The quantitative estimate of drug-likeness (QED) is 0.716. The zero-order valence-electron chi connectivity index (χ0n) is 9.62. The Hall–Kier alpha value is -0.120. The zero-order chi connectivity index (χ0) is 10.5. The second-order valence-corrected chi connectivity index (χ2v) is 4.97. The molecule has 1 aliphatic carbocycles. The van der Waals surface area contributed by atoms with Crippen molar-refractivity contribution in [2.45, 2.75) is 50.6 Å². The van der Waals surface area contributed by atoms with Crippen LogP contribution in [0.25, 0.3) is 0 Å². The van der Waals surface area contributed by atoms with Gasteiger partial charge in [-0.2, -0.15) is 0 Å². The van der Waals surface area contributed by atoms with Crippen LogP contribution in [0, 0.1) is 0 Å². The monoisotopic (exact) mass is 212 g/mol. The second kappa shape index (κ2) is 5.83. The van der Waals surface area contributed by atoms with Gasteiger partial charge >= 0.3 is 0 Å². The van der Waals surface area contributed by atoms with Gasteiger partial charge in [0, 0.05) is 18.6 Å². The van der Waals surface area contributed by atoms with Gasteiger partial charge in [0.15, 0.2) is 0 Å².